The Morgan fingerprint density at radius 2 is 2.07 bits per heavy atom. The first-order valence-corrected chi connectivity index (χ1v) is 5.73. The van der Waals surface area contributed by atoms with Crippen molar-refractivity contribution in [1.29, 1.82) is 0 Å². The Labute approximate surface area is 92.5 Å². The SMILES string of the molecule is OC(c1ccc(Br)cc1)C1CCCN1. The van der Waals surface area contributed by atoms with E-state index in [1.54, 1.807) is 0 Å². The molecular formula is C11H14BrNO. The van der Waals surface area contributed by atoms with E-state index < -0.39 is 0 Å². The quantitative estimate of drug-likeness (QED) is 0.850. The van der Waals surface area contributed by atoms with Crippen LogP contribution in [0.1, 0.15) is 24.5 Å². The van der Waals surface area contributed by atoms with Crippen LogP contribution in [0.2, 0.25) is 0 Å². The van der Waals surface area contributed by atoms with E-state index in [1.165, 1.54) is 0 Å². The van der Waals surface area contributed by atoms with Crippen molar-refractivity contribution in [2.45, 2.75) is 25.0 Å². The summed E-state index contributed by atoms with van der Waals surface area (Å²) in [7, 11) is 0. The minimum Gasteiger partial charge on any atom is -0.387 e. The molecule has 1 aromatic carbocycles. The predicted octanol–water partition coefficient (Wildman–Crippen LogP) is 2.23. The lowest BCUT2D eigenvalue weighted by Gasteiger charge is -2.18. The normalized spacial score (nSPS) is 23.7. The van der Waals surface area contributed by atoms with Crippen LogP contribution in [-0.4, -0.2) is 17.7 Å². The predicted molar refractivity (Wildman–Crippen MR) is 60.1 cm³/mol. The molecule has 0 bridgehead atoms. The second-order valence-corrected chi connectivity index (χ2v) is 4.61. The third-order valence-electron chi connectivity index (χ3n) is 2.69. The van der Waals surface area contributed by atoms with Crippen molar-refractivity contribution in [2.75, 3.05) is 6.54 Å². The average molecular weight is 256 g/mol. The van der Waals surface area contributed by atoms with Crippen molar-refractivity contribution >= 4 is 15.9 Å². The van der Waals surface area contributed by atoms with Gasteiger partial charge in [0.1, 0.15) is 0 Å². The van der Waals surface area contributed by atoms with Gasteiger partial charge in [-0.25, -0.2) is 0 Å². The number of hydrogen-bond donors (Lipinski definition) is 2. The second kappa shape index (κ2) is 4.43. The zero-order valence-electron chi connectivity index (χ0n) is 7.91. The molecule has 2 unspecified atom stereocenters. The third-order valence-corrected chi connectivity index (χ3v) is 3.22. The van der Waals surface area contributed by atoms with Crippen LogP contribution in [-0.2, 0) is 0 Å². The summed E-state index contributed by atoms with van der Waals surface area (Å²) in [6.45, 7) is 1.03. The molecule has 1 fully saturated rings. The molecule has 14 heavy (non-hydrogen) atoms. The Morgan fingerprint density at radius 3 is 2.64 bits per heavy atom. The minimum atomic E-state index is -0.370. The zero-order valence-corrected chi connectivity index (χ0v) is 9.50. The molecule has 1 aromatic rings. The molecule has 1 aliphatic heterocycles. The zero-order chi connectivity index (χ0) is 9.97. The summed E-state index contributed by atoms with van der Waals surface area (Å²) in [4.78, 5) is 0. The summed E-state index contributed by atoms with van der Waals surface area (Å²) in [6.07, 6.45) is 1.86. The first-order chi connectivity index (χ1) is 6.77. The largest absolute Gasteiger partial charge is 0.387 e. The van der Waals surface area contributed by atoms with E-state index >= 15 is 0 Å². The number of nitrogens with one attached hydrogen (secondary N) is 1. The van der Waals surface area contributed by atoms with Crippen LogP contribution in [0.15, 0.2) is 28.7 Å². The maximum atomic E-state index is 10.0. The number of aliphatic hydroxyl groups is 1. The van der Waals surface area contributed by atoms with Gasteiger partial charge in [-0.3, -0.25) is 0 Å². The fourth-order valence-electron chi connectivity index (χ4n) is 1.87. The van der Waals surface area contributed by atoms with E-state index in [-0.39, 0.29) is 12.1 Å². The molecule has 2 nitrogen and oxygen atoms in total. The van der Waals surface area contributed by atoms with E-state index in [0.717, 1.165) is 29.4 Å². The Kier molecular flexibility index (Phi) is 3.21. The maximum Gasteiger partial charge on any atom is 0.0942 e. The minimum absolute atomic E-state index is 0.233. The Bertz CT molecular complexity index is 293. The lowest BCUT2D eigenvalue weighted by Crippen LogP contribution is -2.28. The van der Waals surface area contributed by atoms with E-state index in [1.807, 2.05) is 24.3 Å². The molecule has 0 aromatic heterocycles. The topological polar surface area (TPSA) is 32.3 Å². The van der Waals surface area contributed by atoms with E-state index in [9.17, 15) is 5.11 Å². The Hall–Kier alpha value is -0.380. The van der Waals surface area contributed by atoms with Crippen molar-refractivity contribution in [2.24, 2.45) is 0 Å². The van der Waals surface area contributed by atoms with Crippen molar-refractivity contribution in [3.8, 4) is 0 Å². The number of halogens is 1. The van der Waals surface area contributed by atoms with Gasteiger partial charge in [-0.1, -0.05) is 28.1 Å². The van der Waals surface area contributed by atoms with Gasteiger partial charge in [0, 0.05) is 10.5 Å². The van der Waals surface area contributed by atoms with Gasteiger partial charge in [-0.05, 0) is 37.1 Å². The summed E-state index contributed by atoms with van der Waals surface area (Å²) < 4.78 is 1.05. The highest BCUT2D eigenvalue weighted by Gasteiger charge is 2.23. The van der Waals surface area contributed by atoms with Crippen molar-refractivity contribution in [3.63, 3.8) is 0 Å². The molecule has 0 saturated carbocycles. The third kappa shape index (κ3) is 2.16. The summed E-state index contributed by atoms with van der Waals surface area (Å²) in [5.41, 5.74) is 0.993. The Morgan fingerprint density at radius 1 is 1.36 bits per heavy atom. The molecule has 3 heteroatoms. The number of benzene rings is 1. The van der Waals surface area contributed by atoms with Crippen LogP contribution in [0.5, 0.6) is 0 Å². The monoisotopic (exact) mass is 255 g/mol. The van der Waals surface area contributed by atoms with Crippen LogP contribution in [0.3, 0.4) is 0 Å². The lowest BCUT2D eigenvalue weighted by atomic mass is 10.0. The molecule has 1 heterocycles. The average Bonchev–Trinajstić information content (AvgIpc) is 2.71. The molecule has 0 radical (unpaired) electrons. The van der Waals surface area contributed by atoms with Crippen LogP contribution in [0.25, 0.3) is 0 Å². The number of aliphatic hydroxyl groups excluding tert-OH is 1. The van der Waals surface area contributed by atoms with Gasteiger partial charge >= 0.3 is 0 Å². The first-order valence-electron chi connectivity index (χ1n) is 4.94. The highest BCUT2D eigenvalue weighted by molar-refractivity contribution is 9.10. The highest BCUT2D eigenvalue weighted by atomic mass is 79.9. The molecule has 0 spiro atoms. The fourth-order valence-corrected chi connectivity index (χ4v) is 2.14. The van der Waals surface area contributed by atoms with Crippen LogP contribution >= 0.6 is 15.9 Å². The summed E-state index contributed by atoms with van der Waals surface area (Å²) in [5, 5.41) is 13.3. The van der Waals surface area contributed by atoms with Gasteiger partial charge in [0.15, 0.2) is 0 Å². The number of rotatable bonds is 2. The summed E-state index contributed by atoms with van der Waals surface area (Å²) >= 11 is 3.38. The summed E-state index contributed by atoms with van der Waals surface area (Å²) in [5.74, 6) is 0. The molecule has 1 saturated heterocycles. The molecule has 1 aliphatic rings. The standard InChI is InChI=1S/C11H14BrNO/c12-9-5-3-8(4-6-9)11(14)10-2-1-7-13-10/h3-6,10-11,13-14H,1-2,7H2. The first kappa shape index (κ1) is 10.1. The molecule has 2 rings (SSSR count). The van der Waals surface area contributed by atoms with Crippen LogP contribution in [0.4, 0.5) is 0 Å². The summed E-state index contributed by atoms with van der Waals surface area (Å²) in [6, 6.07) is 8.10. The molecular weight excluding hydrogens is 242 g/mol. The lowest BCUT2D eigenvalue weighted by molar-refractivity contribution is 0.137. The van der Waals surface area contributed by atoms with Crippen molar-refractivity contribution < 1.29 is 5.11 Å². The van der Waals surface area contributed by atoms with Gasteiger partial charge in [0.05, 0.1) is 6.10 Å². The van der Waals surface area contributed by atoms with Gasteiger partial charge < -0.3 is 10.4 Å². The Balaban J connectivity index is 2.09. The fraction of sp³-hybridized carbons (Fsp3) is 0.455. The molecule has 76 valence electrons. The van der Waals surface area contributed by atoms with E-state index in [4.69, 9.17) is 0 Å². The molecule has 2 atom stereocenters. The smallest absolute Gasteiger partial charge is 0.0942 e. The molecule has 2 N–H and O–H groups in total. The number of hydrogen-bond acceptors (Lipinski definition) is 2. The highest BCUT2D eigenvalue weighted by Crippen LogP contribution is 2.23. The molecule has 0 amide bonds. The van der Waals surface area contributed by atoms with E-state index in [0.29, 0.717) is 0 Å². The molecule has 0 aliphatic carbocycles. The van der Waals surface area contributed by atoms with Crippen molar-refractivity contribution in [1.82, 2.24) is 5.32 Å². The van der Waals surface area contributed by atoms with E-state index in [2.05, 4.69) is 21.2 Å². The van der Waals surface area contributed by atoms with Crippen molar-refractivity contribution in [3.05, 3.63) is 34.3 Å². The van der Waals surface area contributed by atoms with Gasteiger partial charge in [-0.2, -0.15) is 0 Å². The van der Waals surface area contributed by atoms with Gasteiger partial charge in [0.25, 0.3) is 0 Å². The van der Waals surface area contributed by atoms with Crippen LogP contribution < -0.4 is 5.32 Å². The maximum absolute atomic E-state index is 10.0. The van der Waals surface area contributed by atoms with Crippen LogP contribution in [0, 0.1) is 0 Å². The van der Waals surface area contributed by atoms with Gasteiger partial charge in [-0.15, -0.1) is 0 Å². The van der Waals surface area contributed by atoms with Gasteiger partial charge in [0.2, 0.25) is 0 Å². The second-order valence-electron chi connectivity index (χ2n) is 3.70.